The second-order valence-corrected chi connectivity index (χ2v) is 9.52. The molecule has 0 atom stereocenters. The Morgan fingerprint density at radius 2 is 1.83 bits per heavy atom. The van der Waals surface area contributed by atoms with Crippen molar-refractivity contribution in [2.45, 2.75) is 41.0 Å². The minimum Gasteiger partial charge on any atom is -0.506 e. The van der Waals surface area contributed by atoms with Crippen LogP contribution < -0.4 is 0 Å². The molecule has 0 aliphatic carbocycles. The van der Waals surface area contributed by atoms with Gasteiger partial charge in [-0.25, -0.2) is 9.79 Å². The normalized spacial score (nSPS) is 15.9. The van der Waals surface area contributed by atoms with Crippen molar-refractivity contribution in [3.63, 3.8) is 0 Å². The third kappa shape index (κ3) is 5.13. The van der Waals surface area contributed by atoms with E-state index in [1.807, 2.05) is 36.4 Å². The summed E-state index contributed by atoms with van der Waals surface area (Å²) in [6.07, 6.45) is 2.85. The lowest BCUT2D eigenvalue weighted by atomic mass is 10.1. The van der Waals surface area contributed by atoms with Gasteiger partial charge in [0.1, 0.15) is 16.4 Å². The average Bonchev–Trinajstić information content (AvgIpc) is 3.29. The van der Waals surface area contributed by atoms with Gasteiger partial charge >= 0.3 is 5.97 Å². The number of carbonyl (C=O) groups excluding carboxylic acids is 1. The Bertz CT molecular complexity index is 1360. The highest BCUT2D eigenvalue weighted by atomic mass is 32.2. The number of esters is 1. The van der Waals surface area contributed by atoms with Gasteiger partial charge in [-0.1, -0.05) is 43.0 Å². The van der Waals surface area contributed by atoms with Gasteiger partial charge in [-0.05, 0) is 87.2 Å². The molecular weight excluding hydrogens is 456 g/mol. The van der Waals surface area contributed by atoms with Gasteiger partial charge in [-0.2, -0.15) is 0 Å². The van der Waals surface area contributed by atoms with E-state index in [9.17, 15) is 9.90 Å². The number of thioether (sulfide) groups is 1. The van der Waals surface area contributed by atoms with Crippen LogP contribution in [0.1, 0.15) is 41.9 Å². The predicted octanol–water partition coefficient (Wildman–Crippen LogP) is 7.16. The van der Waals surface area contributed by atoms with Crippen LogP contribution in [0.25, 0.3) is 11.8 Å². The molecule has 35 heavy (non-hydrogen) atoms. The van der Waals surface area contributed by atoms with E-state index in [0.717, 1.165) is 34.7 Å². The van der Waals surface area contributed by atoms with Crippen molar-refractivity contribution >= 4 is 34.5 Å². The van der Waals surface area contributed by atoms with Crippen LogP contribution in [0.2, 0.25) is 0 Å². The first-order valence-corrected chi connectivity index (χ1v) is 12.6. The number of aryl methyl sites for hydroxylation is 3. The largest absolute Gasteiger partial charge is 0.506 e. The lowest BCUT2D eigenvalue weighted by Crippen LogP contribution is -2.12. The van der Waals surface area contributed by atoms with Crippen molar-refractivity contribution in [3.05, 3.63) is 98.9 Å². The van der Waals surface area contributed by atoms with Crippen LogP contribution in [0.3, 0.4) is 0 Å². The highest BCUT2D eigenvalue weighted by molar-refractivity contribution is 8.18. The number of aliphatic imine (C=N–C) groups is 1. The van der Waals surface area contributed by atoms with Crippen LogP contribution >= 0.6 is 11.8 Å². The van der Waals surface area contributed by atoms with Crippen molar-refractivity contribution < 1.29 is 14.6 Å². The van der Waals surface area contributed by atoms with Gasteiger partial charge in [0, 0.05) is 17.1 Å². The second kappa shape index (κ2) is 10.4. The van der Waals surface area contributed by atoms with Gasteiger partial charge in [0.05, 0.1) is 17.2 Å². The molecule has 0 spiro atoms. The number of rotatable bonds is 6. The van der Waals surface area contributed by atoms with Crippen LogP contribution in [-0.2, 0) is 16.0 Å². The van der Waals surface area contributed by atoms with Crippen LogP contribution in [0, 0.1) is 20.8 Å². The summed E-state index contributed by atoms with van der Waals surface area (Å²) in [7, 11) is 0. The maximum atomic E-state index is 12.7. The van der Waals surface area contributed by atoms with E-state index in [1.165, 1.54) is 22.9 Å². The Labute approximate surface area is 210 Å². The van der Waals surface area contributed by atoms with Gasteiger partial charge in [-0.3, -0.25) is 0 Å². The van der Waals surface area contributed by atoms with Crippen molar-refractivity contribution in [3.8, 4) is 5.69 Å². The number of nitrogens with zero attached hydrogens (tertiary/aromatic N) is 2. The molecule has 0 unspecified atom stereocenters. The fourth-order valence-electron chi connectivity index (χ4n) is 4.15. The second-order valence-electron chi connectivity index (χ2n) is 8.49. The SMILES string of the molecule is CCOC(=O)C1=C(O)/C(=C/c2cc(C)n(-c3cccc(C)c3)c2C)SC1=Nc1ccc(CC)cc1. The number of hydrogen-bond acceptors (Lipinski definition) is 5. The van der Waals surface area contributed by atoms with E-state index >= 15 is 0 Å². The van der Waals surface area contributed by atoms with Crippen LogP contribution in [-0.4, -0.2) is 27.3 Å². The molecular formula is C29H30N2O3S. The van der Waals surface area contributed by atoms with E-state index in [2.05, 4.69) is 61.5 Å². The monoisotopic (exact) mass is 486 g/mol. The highest BCUT2D eigenvalue weighted by Crippen LogP contribution is 2.41. The molecule has 4 rings (SSSR count). The van der Waals surface area contributed by atoms with Crippen LogP contribution in [0.15, 0.2) is 75.8 Å². The molecule has 180 valence electrons. The van der Waals surface area contributed by atoms with E-state index in [4.69, 9.17) is 4.74 Å². The highest BCUT2D eigenvalue weighted by Gasteiger charge is 2.33. The number of ether oxygens (including phenoxy) is 1. The molecule has 1 aliphatic rings. The molecule has 1 aromatic heterocycles. The summed E-state index contributed by atoms with van der Waals surface area (Å²) in [6, 6.07) is 18.3. The lowest BCUT2D eigenvalue weighted by Gasteiger charge is -2.10. The molecule has 6 heteroatoms. The average molecular weight is 487 g/mol. The Morgan fingerprint density at radius 1 is 1.09 bits per heavy atom. The summed E-state index contributed by atoms with van der Waals surface area (Å²) in [5, 5.41) is 11.5. The van der Waals surface area contributed by atoms with Crippen molar-refractivity contribution in [2.24, 2.45) is 4.99 Å². The van der Waals surface area contributed by atoms with Gasteiger partial charge in [0.15, 0.2) is 0 Å². The van der Waals surface area contributed by atoms with E-state index in [0.29, 0.717) is 9.95 Å². The summed E-state index contributed by atoms with van der Waals surface area (Å²) >= 11 is 1.28. The predicted molar refractivity (Wildman–Crippen MR) is 145 cm³/mol. The zero-order valence-electron chi connectivity index (χ0n) is 20.8. The zero-order chi connectivity index (χ0) is 25.1. The van der Waals surface area contributed by atoms with E-state index < -0.39 is 5.97 Å². The topological polar surface area (TPSA) is 63.8 Å². The zero-order valence-corrected chi connectivity index (χ0v) is 21.6. The molecule has 3 aromatic rings. The molecule has 0 bridgehead atoms. The minimum absolute atomic E-state index is 0.0993. The van der Waals surface area contributed by atoms with Gasteiger partial charge in [-0.15, -0.1) is 0 Å². The third-order valence-corrected chi connectivity index (χ3v) is 6.98. The molecule has 0 amide bonds. The van der Waals surface area contributed by atoms with Gasteiger partial charge in [0.25, 0.3) is 0 Å². The van der Waals surface area contributed by atoms with Crippen LogP contribution in [0.4, 0.5) is 5.69 Å². The maximum absolute atomic E-state index is 12.7. The third-order valence-electron chi connectivity index (χ3n) is 5.96. The Balaban J connectivity index is 1.76. The molecule has 0 fully saturated rings. The van der Waals surface area contributed by atoms with Crippen LogP contribution in [0.5, 0.6) is 0 Å². The fourth-order valence-corrected chi connectivity index (χ4v) is 5.18. The first-order valence-electron chi connectivity index (χ1n) is 11.8. The standard InChI is InChI=1S/C29H30N2O3S/c1-6-21-11-13-23(14-12-21)30-28-26(29(33)34-7-2)27(32)25(35-28)17-22-16-19(4)31(20(22)5)24-10-8-9-18(3)15-24/h8-17,32H,6-7H2,1-5H3/b25-17-,30-28?. The summed E-state index contributed by atoms with van der Waals surface area (Å²) < 4.78 is 7.42. The number of aliphatic hydroxyl groups excluding tert-OH is 1. The molecule has 5 nitrogen and oxygen atoms in total. The van der Waals surface area contributed by atoms with E-state index in [1.54, 1.807) is 6.92 Å². The van der Waals surface area contributed by atoms with E-state index in [-0.39, 0.29) is 17.9 Å². The first-order chi connectivity index (χ1) is 16.8. The van der Waals surface area contributed by atoms with Crippen molar-refractivity contribution in [2.75, 3.05) is 6.61 Å². The van der Waals surface area contributed by atoms with Gasteiger partial charge in [0.2, 0.25) is 0 Å². The Hall–Kier alpha value is -3.51. The number of aromatic nitrogens is 1. The number of benzene rings is 2. The molecule has 2 heterocycles. The molecule has 0 saturated carbocycles. The molecule has 1 N–H and O–H groups in total. The Kier molecular flexibility index (Phi) is 7.31. The number of hydrogen-bond donors (Lipinski definition) is 1. The Morgan fingerprint density at radius 3 is 2.49 bits per heavy atom. The van der Waals surface area contributed by atoms with Gasteiger partial charge < -0.3 is 14.4 Å². The summed E-state index contributed by atoms with van der Waals surface area (Å²) in [5.41, 5.74) is 7.42. The minimum atomic E-state index is -0.574. The molecule has 2 aromatic carbocycles. The molecule has 1 aliphatic heterocycles. The summed E-state index contributed by atoms with van der Waals surface area (Å²) in [6.45, 7) is 10.3. The molecule has 0 radical (unpaired) electrons. The van der Waals surface area contributed by atoms with Crippen molar-refractivity contribution in [1.82, 2.24) is 4.57 Å². The lowest BCUT2D eigenvalue weighted by molar-refractivity contribution is -0.138. The maximum Gasteiger partial charge on any atom is 0.344 e. The first kappa shape index (κ1) is 24.6. The summed E-state index contributed by atoms with van der Waals surface area (Å²) in [5.74, 6) is -0.673. The summed E-state index contributed by atoms with van der Waals surface area (Å²) in [4.78, 5) is 18.0. The fraction of sp³-hybridized carbons (Fsp3) is 0.241. The number of aliphatic hydroxyl groups is 1. The quantitative estimate of drug-likeness (QED) is 0.376. The smallest absolute Gasteiger partial charge is 0.344 e. The van der Waals surface area contributed by atoms with Crippen molar-refractivity contribution in [1.29, 1.82) is 0 Å². The number of carbonyl (C=O) groups is 1. The molecule has 0 saturated heterocycles.